The molecule has 18 heavy (non-hydrogen) atoms. The van der Waals surface area contributed by atoms with Crippen LogP contribution in [0.5, 0.6) is 0 Å². The smallest absolute Gasteiger partial charge is 0.258 e. The standard InChI is InChI=1S/C12H6F3NO2/c13-9-2-1-3-10(14)12(9)8-5-4-7(16(17)18)6-11(8)15/h1-6H. The second-order valence-corrected chi connectivity index (χ2v) is 3.52. The fourth-order valence-corrected chi connectivity index (χ4v) is 1.58. The van der Waals surface area contributed by atoms with Crippen molar-refractivity contribution in [2.45, 2.75) is 0 Å². The van der Waals surface area contributed by atoms with Gasteiger partial charge in [0.1, 0.15) is 17.5 Å². The molecule has 0 atom stereocenters. The number of halogens is 3. The van der Waals surface area contributed by atoms with Gasteiger partial charge in [0, 0.05) is 11.6 Å². The van der Waals surface area contributed by atoms with Gasteiger partial charge in [0.15, 0.2) is 0 Å². The summed E-state index contributed by atoms with van der Waals surface area (Å²) < 4.78 is 40.5. The van der Waals surface area contributed by atoms with Gasteiger partial charge in [-0.3, -0.25) is 10.1 Å². The average molecular weight is 253 g/mol. The van der Waals surface area contributed by atoms with Crippen molar-refractivity contribution in [2.75, 3.05) is 0 Å². The van der Waals surface area contributed by atoms with Gasteiger partial charge < -0.3 is 0 Å². The molecule has 2 rings (SSSR count). The van der Waals surface area contributed by atoms with E-state index in [-0.39, 0.29) is 5.56 Å². The first kappa shape index (κ1) is 12.1. The highest BCUT2D eigenvalue weighted by Crippen LogP contribution is 2.30. The number of non-ortho nitro benzene ring substituents is 1. The minimum Gasteiger partial charge on any atom is -0.258 e. The van der Waals surface area contributed by atoms with Crippen molar-refractivity contribution in [1.82, 2.24) is 0 Å². The van der Waals surface area contributed by atoms with E-state index in [1.165, 1.54) is 0 Å². The Morgan fingerprint density at radius 1 is 0.944 bits per heavy atom. The van der Waals surface area contributed by atoms with Crippen molar-refractivity contribution >= 4 is 5.69 Å². The molecule has 0 amide bonds. The molecular weight excluding hydrogens is 247 g/mol. The Morgan fingerprint density at radius 2 is 1.56 bits per heavy atom. The quantitative estimate of drug-likeness (QED) is 0.605. The molecule has 0 aromatic heterocycles. The molecule has 2 aromatic carbocycles. The van der Waals surface area contributed by atoms with Gasteiger partial charge in [-0.05, 0) is 18.2 Å². The maximum absolute atomic E-state index is 13.6. The van der Waals surface area contributed by atoms with Gasteiger partial charge in [0.25, 0.3) is 5.69 Å². The van der Waals surface area contributed by atoms with Crippen LogP contribution in [0.2, 0.25) is 0 Å². The zero-order chi connectivity index (χ0) is 13.3. The van der Waals surface area contributed by atoms with Gasteiger partial charge in [0.05, 0.1) is 16.6 Å². The Hall–Kier alpha value is -2.37. The zero-order valence-electron chi connectivity index (χ0n) is 8.86. The minimum atomic E-state index is -1.05. The molecule has 0 aliphatic heterocycles. The van der Waals surface area contributed by atoms with Crippen LogP contribution in [0.4, 0.5) is 18.9 Å². The minimum absolute atomic E-state index is 0.351. The van der Waals surface area contributed by atoms with Gasteiger partial charge in [-0.25, -0.2) is 13.2 Å². The summed E-state index contributed by atoms with van der Waals surface area (Å²) in [6, 6.07) is 5.72. The summed E-state index contributed by atoms with van der Waals surface area (Å²) in [7, 11) is 0. The van der Waals surface area contributed by atoms with Crippen LogP contribution in [-0.4, -0.2) is 4.92 Å². The number of hydrogen-bond donors (Lipinski definition) is 0. The highest BCUT2D eigenvalue weighted by molar-refractivity contribution is 5.66. The van der Waals surface area contributed by atoms with Crippen LogP contribution in [0, 0.1) is 27.6 Å². The third-order valence-corrected chi connectivity index (χ3v) is 2.40. The molecule has 0 N–H and O–H groups in total. The van der Waals surface area contributed by atoms with Crippen LogP contribution in [-0.2, 0) is 0 Å². The molecule has 0 bridgehead atoms. The average Bonchev–Trinajstić information content (AvgIpc) is 2.30. The van der Waals surface area contributed by atoms with Crippen LogP contribution in [0.15, 0.2) is 36.4 Å². The summed E-state index contributed by atoms with van der Waals surface area (Å²) in [5, 5.41) is 10.4. The number of hydrogen-bond acceptors (Lipinski definition) is 2. The Labute approximate surface area is 99.6 Å². The molecule has 0 aliphatic carbocycles. The lowest BCUT2D eigenvalue weighted by Crippen LogP contribution is -1.95. The van der Waals surface area contributed by atoms with E-state index in [1.54, 1.807) is 0 Å². The maximum Gasteiger partial charge on any atom is 0.272 e. The van der Waals surface area contributed by atoms with E-state index in [4.69, 9.17) is 0 Å². The lowest BCUT2D eigenvalue weighted by Gasteiger charge is -2.06. The summed E-state index contributed by atoms with van der Waals surface area (Å²) in [4.78, 5) is 9.64. The van der Waals surface area contributed by atoms with Gasteiger partial charge in [-0.1, -0.05) is 6.07 Å². The topological polar surface area (TPSA) is 43.1 Å². The van der Waals surface area contributed by atoms with E-state index in [0.717, 1.165) is 30.3 Å². The summed E-state index contributed by atoms with van der Waals surface area (Å²) in [6.45, 7) is 0. The van der Waals surface area contributed by atoms with Crippen molar-refractivity contribution in [3.05, 3.63) is 64.0 Å². The first-order valence-electron chi connectivity index (χ1n) is 4.89. The zero-order valence-corrected chi connectivity index (χ0v) is 8.86. The Kier molecular flexibility index (Phi) is 3.01. The lowest BCUT2D eigenvalue weighted by molar-refractivity contribution is -0.385. The van der Waals surface area contributed by atoms with Crippen LogP contribution < -0.4 is 0 Å². The molecule has 0 saturated carbocycles. The third-order valence-electron chi connectivity index (χ3n) is 2.40. The highest BCUT2D eigenvalue weighted by Gasteiger charge is 2.17. The molecule has 0 aliphatic rings. The molecule has 0 saturated heterocycles. The van der Waals surface area contributed by atoms with Crippen molar-refractivity contribution in [2.24, 2.45) is 0 Å². The highest BCUT2D eigenvalue weighted by atomic mass is 19.1. The molecule has 6 heteroatoms. The molecular formula is C12H6F3NO2. The van der Waals surface area contributed by atoms with Crippen molar-refractivity contribution in [1.29, 1.82) is 0 Å². The van der Waals surface area contributed by atoms with Gasteiger partial charge in [-0.15, -0.1) is 0 Å². The predicted octanol–water partition coefficient (Wildman–Crippen LogP) is 3.68. The molecule has 92 valence electrons. The van der Waals surface area contributed by atoms with E-state index in [0.29, 0.717) is 6.07 Å². The second kappa shape index (κ2) is 4.48. The van der Waals surface area contributed by atoms with Gasteiger partial charge in [-0.2, -0.15) is 0 Å². The van der Waals surface area contributed by atoms with Crippen LogP contribution >= 0.6 is 0 Å². The summed E-state index contributed by atoms with van der Waals surface area (Å²) in [5.41, 5.74) is -1.37. The third kappa shape index (κ3) is 2.04. The van der Waals surface area contributed by atoms with E-state index < -0.39 is 33.6 Å². The summed E-state index contributed by atoms with van der Waals surface area (Å²) in [6.07, 6.45) is 0. The molecule has 2 aromatic rings. The number of nitro groups is 1. The Morgan fingerprint density at radius 3 is 2.06 bits per heavy atom. The molecule has 3 nitrogen and oxygen atoms in total. The number of rotatable bonds is 2. The Balaban J connectivity index is 2.62. The largest absolute Gasteiger partial charge is 0.272 e. The molecule has 0 radical (unpaired) electrons. The fraction of sp³-hybridized carbons (Fsp3) is 0. The summed E-state index contributed by atoms with van der Waals surface area (Å²) in [5.74, 6) is -2.90. The number of nitrogens with zero attached hydrogens (tertiary/aromatic N) is 1. The SMILES string of the molecule is O=[N+]([O-])c1ccc(-c2c(F)cccc2F)c(F)c1. The fourth-order valence-electron chi connectivity index (χ4n) is 1.58. The normalized spacial score (nSPS) is 10.4. The van der Waals surface area contributed by atoms with E-state index in [1.807, 2.05) is 0 Å². The number of nitro benzene ring substituents is 1. The van der Waals surface area contributed by atoms with Gasteiger partial charge >= 0.3 is 0 Å². The van der Waals surface area contributed by atoms with E-state index in [2.05, 4.69) is 0 Å². The van der Waals surface area contributed by atoms with Crippen LogP contribution in [0.25, 0.3) is 11.1 Å². The predicted molar refractivity (Wildman–Crippen MR) is 58.4 cm³/mol. The van der Waals surface area contributed by atoms with E-state index in [9.17, 15) is 23.3 Å². The van der Waals surface area contributed by atoms with Crippen LogP contribution in [0.3, 0.4) is 0 Å². The monoisotopic (exact) mass is 253 g/mol. The lowest BCUT2D eigenvalue weighted by atomic mass is 10.0. The molecule has 0 fully saturated rings. The Bertz CT molecular complexity index is 608. The molecule has 0 unspecified atom stereocenters. The summed E-state index contributed by atoms with van der Waals surface area (Å²) >= 11 is 0. The van der Waals surface area contributed by atoms with Gasteiger partial charge in [0.2, 0.25) is 0 Å². The number of benzene rings is 2. The first-order valence-corrected chi connectivity index (χ1v) is 4.89. The second-order valence-electron chi connectivity index (χ2n) is 3.52. The van der Waals surface area contributed by atoms with Crippen molar-refractivity contribution in [3.8, 4) is 11.1 Å². The van der Waals surface area contributed by atoms with Crippen molar-refractivity contribution in [3.63, 3.8) is 0 Å². The van der Waals surface area contributed by atoms with E-state index >= 15 is 0 Å². The van der Waals surface area contributed by atoms with Crippen molar-refractivity contribution < 1.29 is 18.1 Å². The molecule has 0 heterocycles. The van der Waals surface area contributed by atoms with Crippen LogP contribution in [0.1, 0.15) is 0 Å². The first-order chi connectivity index (χ1) is 8.50. The molecule has 0 spiro atoms. The maximum atomic E-state index is 13.6.